The van der Waals surface area contributed by atoms with E-state index in [-0.39, 0.29) is 6.04 Å². The Kier molecular flexibility index (Phi) is 7.15. The number of piperazine rings is 1. The van der Waals surface area contributed by atoms with E-state index >= 15 is 0 Å². The minimum Gasteiger partial charge on any atom is -0.390 e. The van der Waals surface area contributed by atoms with Gasteiger partial charge in [0.15, 0.2) is 0 Å². The van der Waals surface area contributed by atoms with E-state index in [0.29, 0.717) is 13.1 Å². The summed E-state index contributed by atoms with van der Waals surface area (Å²) < 4.78 is 0. The van der Waals surface area contributed by atoms with Crippen LogP contribution in [0.5, 0.6) is 0 Å². The molecule has 1 fully saturated rings. The van der Waals surface area contributed by atoms with Crippen molar-refractivity contribution in [3.63, 3.8) is 0 Å². The van der Waals surface area contributed by atoms with Crippen LogP contribution in [-0.2, 0) is 0 Å². The van der Waals surface area contributed by atoms with Crippen LogP contribution in [0, 0.1) is 0 Å². The smallest absolute Gasteiger partial charge is 0.0839 e. The first-order chi connectivity index (χ1) is 16.8. The number of aromatic nitrogens is 1. The molecule has 5 rings (SSSR count). The third-order valence-corrected chi connectivity index (χ3v) is 6.65. The molecule has 0 bridgehead atoms. The summed E-state index contributed by atoms with van der Waals surface area (Å²) >= 11 is 0. The van der Waals surface area contributed by atoms with Gasteiger partial charge in [0, 0.05) is 56.5 Å². The SMILES string of the molecule is OC(CNc1cccc2ncccc12)CN1CCN(C(c2ccccc2)c2ccccc2)CC1. The highest BCUT2D eigenvalue weighted by atomic mass is 16.3. The number of nitrogens with zero attached hydrogens (tertiary/aromatic N) is 3. The summed E-state index contributed by atoms with van der Waals surface area (Å²) in [4.78, 5) is 9.35. The van der Waals surface area contributed by atoms with Crippen LogP contribution in [0.3, 0.4) is 0 Å². The van der Waals surface area contributed by atoms with Crippen LogP contribution >= 0.6 is 0 Å². The molecule has 2 N–H and O–H groups in total. The van der Waals surface area contributed by atoms with E-state index < -0.39 is 6.10 Å². The average Bonchev–Trinajstić information content (AvgIpc) is 2.90. The molecule has 1 aromatic heterocycles. The molecule has 1 unspecified atom stereocenters. The van der Waals surface area contributed by atoms with E-state index in [1.807, 2.05) is 24.3 Å². The number of aliphatic hydroxyl groups excluding tert-OH is 1. The molecule has 1 aliphatic heterocycles. The van der Waals surface area contributed by atoms with E-state index in [1.54, 1.807) is 6.20 Å². The van der Waals surface area contributed by atoms with Crippen LogP contribution < -0.4 is 5.32 Å². The minimum atomic E-state index is -0.433. The van der Waals surface area contributed by atoms with Gasteiger partial charge in [-0.1, -0.05) is 66.7 Å². The molecule has 0 amide bonds. The van der Waals surface area contributed by atoms with Gasteiger partial charge in [0.1, 0.15) is 0 Å². The fraction of sp³-hybridized carbons (Fsp3) is 0.276. The summed E-state index contributed by atoms with van der Waals surface area (Å²) in [7, 11) is 0. The number of β-amino-alcohol motifs (C(OH)–C–C–N with tert-alkyl or cyclic N) is 1. The van der Waals surface area contributed by atoms with Crippen LogP contribution in [0.25, 0.3) is 10.9 Å². The molecule has 0 aliphatic carbocycles. The van der Waals surface area contributed by atoms with Crippen LogP contribution in [0.2, 0.25) is 0 Å². The van der Waals surface area contributed by atoms with E-state index in [4.69, 9.17) is 0 Å². The summed E-state index contributed by atoms with van der Waals surface area (Å²) in [5.41, 5.74) is 4.64. The Morgan fingerprint density at radius 1 is 0.765 bits per heavy atom. The lowest BCUT2D eigenvalue weighted by atomic mass is 9.96. The van der Waals surface area contributed by atoms with Gasteiger partial charge in [-0.3, -0.25) is 14.8 Å². The Balaban J connectivity index is 1.17. The maximum atomic E-state index is 10.7. The Hall–Kier alpha value is -3.25. The van der Waals surface area contributed by atoms with Crippen molar-refractivity contribution in [2.24, 2.45) is 0 Å². The molecule has 1 aliphatic rings. The van der Waals surface area contributed by atoms with Crippen LogP contribution in [-0.4, -0.2) is 65.3 Å². The van der Waals surface area contributed by atoms with Gasteiger partial charge in [-0.15, -0.1) is 0 Å². The maximum Gasteiger partial charge on any atom is 0.0839 e. The first kappa shape index (κ1) is 22.5. The third-order valence-electron chi connectivity index (χ3n) is 6.65. The number of fused-ring (bicyclic) bond motifs is 1. The molecule has 1 saturated heterocycles. The van der Waals surface area contributed by atoms with Gasteiger partial charge >= 0.3 is 0 Å². The summed E-state index contributed by atoms with van der Waals surface area (Å²) in [5, 5.41) is 15.2. The highest BCUT2D eigenvalue weighted by molar-refractivity contribution is 5.91. The first-order valence-electron chi connectivity index (χ1n) is 12.1. The molecule has 2 heterocycles. The number of anilines is 1. The molecule has 34 heavy (non-hydrogen) atoms. The van der Waals surface area contributed by atoms with E-state index in [1.165, 1.54) is 11.1 Å². The predicted molar refractivity (Wildman–Crippen MR) is 139 cm³/mol. The van der Waals surface area contributed by atoms with Gasteiger partial charge < -0.3 is 10.4 Å². The fourth-order valence-electron chi connectivity index (χ4n) is 4.94. The van der Waals surface area contributed by atoms with Crippen molar-refractivity contribution in [3.8, 4) is 0 Å². The topological polar surface area (TPSA) is 51.6 Å². The number of rotatable bonds is 8. The van der Waals surface area contributed by atoms with E-state index in [0.717, 1.165) is 42.8 Å². The Bertz CT molecular complexity index is 1130. The molecular weight excluding hydrogens is 420 g/mol. The molecule has 0 radical (unpaired) electrons. The second-order valence-corrected chi connectivity index (χ2v) is 8.97. The van der Waals surface area contributed by atoms with Gasteiger partial charge in [0.25, 0.3) is 0 Å². The zero-order chi connectivity index (χ0) is 23.2. The van der Waals surface area contributed by atoms with Crippen molar-refractivity contribution < 1.29 is 5.11 Å². The lowest BCUT2D eigenvalue weighted by Crippen LogP contribution is -2.50. The highest BCUT2D eigenvalue weighted by Gasteiger charge is 2.27. The Morgan fingerprint density at radius 2 is 1.44 bits per heavy atom. The van der Waals surface area contributed by atoms with Gasteiger partial charge in [-0.05, 0) is 35.4 Å². The van der Waals surface area contributed by atoms with Crippen molar-refractivity contribution in [2.45, 2.75) is 12.1 Å². The van der Waals surface area contributed by atoms with E-state index in [2.05, 4.69) is 86.8 Å². The second-order valence-electron chi connectivity index (χ2n) is 8.97. The third kappa shape index (κ3) is 5.28. The van der Waals surface area contributed by atoms with Crippen molar-refractivity contribution in [2.75, 3.05) is 44.6 Å². The molecule has 0 spiro atoms. The zero-order valence-corrected chi connectivity index (χ0v) is 19.4. The summed E-state index contributed by atoms with van der Waals surface area (Å²) in [5.74, 6) is 0. The Labute approximate surface area is 201 Å². The highest BCUT2D eigenvalue weighted by Crippen LogP contribution is 2.29. The monoisotopic (exact) mass is 452 g/mol. The maximum absolute atomic E-state index is 10.7. The molecule has 5 nitrogen and oxygen atoms in total. The lowest BCUT2D eigenvalue weighted by Gasteiger charge is -2.40. The summed E-state index contributed by atoms with van der Waals surface area (Å²) in [6, 6.07) is 31.9. The number of hydrogen-bond donors (Lipinski definition) is 2. The Morgan fingerprint density at radius 3 is 2.12 bits per heavy atom. The largest absolute Gasteiger partial charge is 0.390 e. The summed E-state index contributed by atoms with van der Waals surface area (Å²) in [6.45, 7) is 5.04. The second kappa shape index (κ2) is 10.8. The molecule has 5 heteroatoms. The number of benzene rings is 3. The molecule has 3 aromatic carbocycles. The molecular formula is C29H32N4O. The van der Waals surface area contributed by atoms with Gasteiger partial charge in [-0.2, -0.15) is 0 Å². The minimum absolute atomic E-state index is 0.260. The normalized spacial score (nSPS) is 16.1. The van der Waals surface area contributed by atoms with Crippen molar-refractivity contribution in [3.05, 3.63) is 108 Å². The van der Waals surface area contributed by atoms with Crippen molar-refractivity contribution in [1.82, 2.24) is 14.8 Å². The van der Waals surface area contributed by atoms with Gasteiger partial charge in [0.05, 0.1) is 17.7 Å². The van der Waals surface area contributed by atoms with Gasteiger partial charge in [-0.25, -0.2) is 0 Å². The van der Waals surface area contributed by atoms with Crippen LogP contribution in [0.15, 0.2) is 97.2 Å². The lowest BCUT2D eigenvalue weighted by molar-refractivity contribution is 0.0672. The van der Waals surface area contributed by atoms with Crippen molar-refractivity contribution >= 4 is 16.6 Å². The summed E-state index contributed by atoms with van der Waals surface area (Å²) in [6.07, 6.45) is 1.37. The van der Waals surface area contributed by atoms with Crippen molar-refractivity contribution in [1.29, 1.82) is 0 Å². The predicted octanol–water partition coefficient (Wildman–Crippen LogP) is 4.41. The average molecular weight is 453 g/mol. The number of nitrogens with one attached hydrogen (secondary N) is 1. The molecule has 4 aromatic rings. The first-order valence-corrected chi connectivity index (χ1v) is 12.1. The van der Waals surface area contributed by atoms with E-state index in [9.17, 15) is 5.11 Å². The van der Waals surface area contributed by atoms with Crippen LogP contribution in [0.1, 0.15) is 17.2 Å². The zero-order valence-electron chi connectivity index (χ0n) is 19.4. The molecule has 0 saturated carbocycles. The molecule has 174 valence electrons. The standard InChI is InChI=1S/C29H32N4O/c34-25(21-31-28-15-7-14-27-26(28)13-8-16-30-27)22-32-17-19-33(20-18-32)29(23-9-3-1-4-10-23)24-11-5-2-6-12-24/h1-16,25,29,31,34H,17-22H2. The number of pyridine rings is 1. The number of hydrogen-bond acceptors (Lipinski definition) is 5. The van der Waals surface area contributed by atoms with Gasteiger partial charge in [0.2, 0.25) is 0 Å². The fourth-order valence-corrected chi connectivity index (χ4v) is 4.94. The van der Waals surface area contributed by atoms with Crippen LogP contribution in [0.4, 0.5) is 5.69 Å². The molecule has 1 atom stereocenters. The quantitative estimate of drug-likeness (QED) is 0.415. The number of aliphatic hydroxyl groups is 1.